The summed E-state index contributed by atoms with van der Waals surface area (Å²) in [6, 6.07) is 13.1. The van der Waals surface area contributed by atoms with E-state index in [0.717, 1.165) is 24.2 Å². The zero-order valence-corrected chi connectivity index (χ0v) is 19.0. The molecule has 0 aliphatic carbocycles. The van der Waals surface area contributed by atoms with Gasteiger partial charge in [-0.3, -0.25) is 14.8 Å². The van der Waals surface area contributed by atoms with Crippen LogP contribution in [0.2, 0.25) is 0 Å². The van der Waals surface area contributed by atoms with E-state index < -0.39 is 23.9 Å². The zero-order valence-electron chi connectivity index (χ0n) is 19.0. The minimum atomic E-state index is -1.04. The Bertz CT molecular complexity index is 965. The maximum atomic E-state index is 12.4. The molecule has 2 aromatic carbocycles. The molecule has 2 atom stereocenters. The number of carbonyl (C=O) groups excluding carboxylic acids is 2. The molecule has 0 aliphatic heterocycles. The Hall–Kier alpha value is -3.18. The second-order valence-corrected chi connectivity index (χ2v) is 8.97. The molecule has 0 radical (unpaired) electrons. The summed E-state index contributed by atoms with van der Waals surface area (Å²) in [5.41, 5.74) is 10.7. The van der Waals surface area contributed by atoms with Crippen LogP contribution in [0.3, 0.4) is 0 Å². The molecule has 2 rings (SSSR count). The number of hydroxylamine groups is 1. The highest BCUT2D eigenvalue weighted by Crippen LogP contribution is 2.11. The van der Waals surface area contributed by atoms with E-state index >= 15 is 0 Å². The van der Waals surface area contributed by atoms with Crippen LogP contribution < -0.4 is 21.8 Å². The fraction of sp³-hybridized carbons (Fsp3) is 0.360. The highest BCUT2D eigenvalue weighted by Gasteiger charge is 2.24. The number of carbonyl (C=O) groups is 2. The summed E-state index contributed by atoms with van der Waals surface area (Å²) in [5.74, 6) is 4.96. The molecule has 6 N–H and O–H groups in total. The number of amides is 2. The Morgan fingerprint density at radius 3 is 2.00 bits per heavy atom. The Balaban J connectivity index is 1.97. The van der Waals surface area contributed by atoms with Crippen LogP contribution in [-0.2, 0) is 11.3 Å². The van der Waals surface area contributed by atoms with E-state index in [2.05, 4.69) is 55.4 Å². The van der Waals surface area contributed by atoms with Crippen molar-refractivity contribution in [2.75, 3.05) is 6.54 Å². The lowest BCUT2D eigenvalue weighted by Gasteiger charge is -2.20. The second-order valence-electron chi connectivity index (χ2n) is 8.97. The van der Waals surface area contributed by atoms with Crippen molar-refractivity contribution in [3.05, 3.63) is 70.8 Å². The number of rotatable bonds is 7. The lowest BCUT2D eigenvalue weighted by molar-refractivity contribution is -0.131. The normalized spacial score (nSPS) is 12.8. The highest BCUT2D eigenvalue weighted by atomic mass is 16.5. The Morgan fingerprint density at radius 2 is 1.53 bits per heavy atom. The van der Waals surface area contributed by atoms with Gasteiger partial charge in [0.05, 0.1) is 0 Å². The lowest BCUT2D eigenvalue weighted by Crippen LogP contribution is -2.54. The molecule has 7 nitrogen and oxygen atoms in total. The molecule has 0 aromatic heterocycles. The van der Waals surface area contributed by atoms with Gasteiger partial charge < -0.3 is 16.4 Å². The maximum Gasteiger partial charge on any atom is 0.267 e. The van der Waals surface area contributed by atoms with Crippen LogP contribution >= 0.6 is 0 Å². The van der Waals surface area contributed by atoms with Crippen molar-refractivity contribution in [1.82, 2.24) is 16.1 Å². The van der Waals surface area contributed by atoms with Crippen LogP contribution in [0, 0.1) is 17.3 Å². The quantitative estimate of drug-likeness (QED) is 0.259. The summed E-state index contributed by atoms with van der Waals surface area (Å²) in [6.07, 6.45) is 0. The third-order valence-electron chi connectivity index (χ3n) is 4.64. The van der Waals surface area contributed by atoms with E-state index in [1.54, 1.807) is 31.2 Å². The highest BCUT2D eigenvalue weighted by molar-refractivity contribution is 5.97. The van der Waals surface area contributed by atoms with E-state index in [4.69, 9.17) is 10.9 Å². The topological polar surface area (TPSA) is 116 Å². The SMILES string of the molecule is C[C@@H](N)[C@H](NC(=O)c1ccc(C#Cc2ccc(CNCC(C)(C)C)cc2)cc1)C(=O)NO. The van der Waals surface area contributed by atoms with Gasteiger partial charge in [-0.1, -0.05) is 44.7 Å². The number of benzene rings is 2. The van der Waals surface area contributed by atoms with Crippen molar-refractivity contribution in [3.63, 3.8) is 0 Å². The zero-order chi connectivity index (χ0) is 23.7. The predicted octanol–water partition coefficient (Wildman–Crippen LogP) is 2.17. The summed E-state index contributed by atoms with van der Waals surface area (Å²) in [5, 5.41) is 14.7. The van der Waals surface area contributed by atoms with Crippen LogP contribution in [0.15, 0.2) is 48.5 Å². The molecule has 32 heavy (non-hydrogen) atoms. The van der Waals surface area contributed by atoms with Crippen LogP contribution in [0.25, 0.3) is 0 Å². The molecular formula is C25H32N4O3. The molecule has 0 aliphatic rings. The first-order valence-electron chi connectivity index (χ1n) is 10.5. The number of nitrogens with two attached hydrogens (primary N) is 1. The van der Waals surface area contributed by atoms with E-state index in [1.807, 2.05) is 12.1 Å². The van der Waals surface area contributed by atoms with Gasteiger partial charge in [0.2, 0.25) is 0 Å². The first kappa shape index (κ1) is 25.1. The molecule has 0 bridgehead atoms. The number of hydrogen-bond donors (Lipinski definition) is 5. The molecule has 2 amide bonds. The summed E-state index contributed by atoms with van der Waals surface area (Å²) in [7, 11) is 0. The van der Waals surface area contributed by atoms with Gasteiger partial charge in [-0.25, -0.2) is 5.48 Å². The van der Waals surface area contributed by atoms with Gasteiger partial charge in [0.15, 0.2) is 0 Å². The largest absolute Gasteiger partial charge is 0.339 e. The molecule has 0 saturated carbocycles. The summed E-state index contributed by atoms with van der Waals surface area (Å²) >= 11 is 0. The molecule has 7 heteroatoms. The molecule has 0 unspecified atom stereocenters. The van der Waals surface area contributed by atoms with Gasteiger partial charge in [-0.2, -0.15) is 0 Å². The minimum absolute atomic E-state index is 0.250. The van der Waals surface area contributed by atoms with Crippen molar-refractivity contribution in [2.45, 2.75) is 46.3 Å². The van der Waals surface area contributed by atoms with E-state index in [-0.39, 0.29) is 5.41 Å². The van der Waals surface area contributed by atoms with Gasteiger partial charge in [0.25, 0.3) is 11.8 Å². The molecule has 0 heterocycles. The molecule has 0 fully saturated rings. The number of hydrogen-bond acceptors (Lipinski definition) is 5. The summed E-state index contributed by atoms with van der Waals surface area (Å²) < 4.78 is 0. The van der Waals surface area contributed by atoms with Crippen LogP contribution in [0.5, 0.6) is 0 Å². The monoisotopic (exact) mass is 436 g/mol. The van der Waals surface area contributed by atoms with Gasteiger partial charge in [-0.15, -0.1) is 0 Å². The van der Waals surface area contributed by atoms with Crippen LogP contribution in [0.4, 0.5) is 0 Å². The molecule has 0 spiro atoms. The van der Waals surface area contributed by atoms with Crippen molar-refractivity contribution >= 4 is 11.8 Å². The third-order valence-corrected chi connectivity index (χ3v) is 4.64. The number of nitrogens with one attached hydrogen (secondary N) is 3. The van der Waals surface area contributed by atoms with E-state index in [1.165, 1.54) is 11.0 Å². The fourth-order valence-corrected chi connectivity index (χ4v) is 2.87. The van der Waals surface area contributed by atoms with Crippen molar-refractivity contribution < 1.29 is 14.8 Å². The van der Waals surface area contributed by atoms with Crippen molar-refractivity contribution in [3.8, 4) is 11.8 Å². The van der Waals surface area contributed by atoms with Crippen LogP contribution in [0.1, 0.15) is 54.7 Å². The molecule has 0 saturated heterocycles. The molecule has 170 valence electrons. The van der Waals surface area contributed by atoms with E-state index in [0.29, 0.717) is 5.56 Å². The maximum absolute atomic E-state index is 12.4. The van der Waals surface area contributed by atoms with Crippen molar-refractivity contribution in [1.29, 1.82) is 0 Å². The standard InChI is InChI=1S/C25H32N4O3/c1-17(26)22(24(31)29-32)28-23(30)21-13-11-19(12-14-21)6-5-18-7-9-20(10-8-18)15-27-16-25(2,3)4/h7-14,17,22,27,32H,15-16,26H2,1-4H3,(H,28,30)(H,29,31)/t17-,22+/m1/s1. The van der Waals surface area contributed by atoms with Gasteiger partial charge in [0, 0.05) is 35.8 Å². The lowest BCUT2D eigenvalue weighted by atomic mass is 9.97. The summed E-state index contributed by atoms with van der Waals surface area (Å²) in [4.78, 5) is 24.0. The second kappa shape index (κ2) is 11.4. The average molecular weight is 437 g/mol. The molecule has 2 aromatic rings. The Kier molecular flexibility index (Phi) is 8.97. The van der Waals surface area contributed by atoms with Gasteiger partial charge in [-0.05, 0) is 54.3 Å². The first-order valence-corrected chi connectivity index (χ1v) is 10.5. The van der Waals surface area contributed by atoms with E-state index in [9.17, 15) is 9.59 Å². The minimum Gasteiger partial charge on any atom is -0.339 e. The third kappa shape index (κ3) is 8.16. The van der Waals surface area contributed by atoms with Crippen molar-refractivity contribution in [2.24, 2.45) is 11.1 Å². The Labute approximate surface area is 189 Å². The summed E-state index contributed by atoms with van der Waals surface area (Å²) in [6.45, 7) is 9.93. The fourth-order valence-electron chi connectivity index (χ4n) is 2.87. The average Bonchev–Trinajstić information content (AvgIpc) is 2.75. The van der Waals surface area contributed by atoms with Crippen LogP contribution in [-0.4, -0.2) is 35.7 Å². The van der Waals surface area contributed by atoms with Gasteiger partial charge >= 0.3 is 0 Å². The molecular weight excluding hydrogens is 404 g/mol. The van der Waals surface area contributed by atoms with Gasteiger partial charge in [0.1, 0.15) is 6.04 Å². The smallest absolute Gasteiger partial charge is 0.267 e. The predicted molar refractivity (Wildman–Crippen MR) is 125 cm³/mol. The Morgan fingerprint density at radius 1 is 1.00 bits per heavy atom. The first-order chi connectivity index (χ1) is 15.1.